The number of aliphatic hydroxyl groups excluding tert-OH is 1. The van der Waals surface area contributed by atoms with Crippen molar-refractivity contribution >= 4 is 17.0 Å². The van der Waals surface area contributed by atoms with Crippen LogP contribution in [0.1, 0.15) is 18.1 Å². The van der Waals surface area contributed by atoms with Gasteiger partial charge in [0, 0.05) is 47.6 Å². The van der Waals surface area contributed by atoms with Gasteiger partial charge in [0.1, 0.15) is 12.4 Å². The van der Waals surface area contributed by atoms with Crippen molar-refractivity contribution < 1.29 is 14.8 Å². The van der Waals surface area contributed by atoms with Gasteiger partial charge >= 0.3 is 0 Å². The number of ether oxygens (including phenoxy) is 1. The van der Waals surface area contributed by atoms with E-state index >= 15 is 0 Å². The quantitative estimate of drug-likeness (QED) is 0.648. The summed E-state index contributed by atoms with van der Waals surface area (Å²) in [6.45, 7) is 1.74. The molecule has 0 radical (unpaired) electrons. The molecule has 0 fully saturated rings. The fourth-order valence-electron chi connectivity index (χ4n) is 2.52. The number of rotatable bonds is 2. The van der Waals surface area contributed by atoms with E-state index in [1.54, 1.807) is 6.20 Å². The Morgan fingerprint density at radius 2 is 2.40 bits per heavy atom. The molecule has 3 rings (SSSR count). The summed E-state index contributed by atoms with van der Waals surface area (Å²) < 4.78 is 5.50. The zero-order chi connectivity index (χ0) is 14.3. The Kier molecular flexibility index (Phi) is 2.94. The smallest absolute Gasteiger partial charge is 0.243 e. The lowest BCUT2D eigenvalue weighted by Gasteiger charge is -2.22. The Balaban J connectivity index is 2.20. The standard InChI is InChI=1S/C14H14N2O4/c1-8(16(18)19)4-9-6-15-12-2-3-13-11(14(9)12)5-10(17)7-20-13/h2-4,6,10,15,17H,5,7H2,1H3/b8-4+. The first kappa shape index (κ1) is 12.7. The molecular weight excluding hydrogens is 260 g/mol. The van der Waals surface area contributed by atoms with E-state index in [9.17, 15) is 15.2 Å². The highest BCUT2D eigenvalue weighted by molar-refractivity contribution is 5.93. The number of aromatic nitrogens is 1. The molecule has 6 nitrogen and oxygen atoms in total. The number of fused-ring (bicyclic) bond motifs is 3. The molecule has 1 atom stereocenters. The van der Waals surface area contributed by atoms with E-state index in [1.807, 2.05) is 12.1 Å². The van der Waals surface area contributed by atoms with Crippen LogP contribution in [0.4, 0.5) is 0 Å². The van der Waals surface area contributed by atoms with Gasteiger partial charge in [0.15, 0.2) is 0 Å². The number of allylic oxidation sites excluding steroid dienone is 1. The molecule has 6 heteroatoms. The van der Waals surface area contributed by atoms with Crippen LogP contribution in [0.3, 0.4) is 0 Å². The van der Waals surface area contributed by atoms with Gasteiger partial charge in [-0.25, -0.2) is 0 Å². The summed E-state index contributed by atoms with van der Waals surface area (Å²) in [5, 5.41) is 21.4. The molecule has 0 bridgehead atoms. The van der Waals surface area contributed by atoms with Crippen molar-refractivity contribution in [3.8, 4) is 5.75 Å². The SMILES string of the molecule is C/C(=C\c1c[nH]c2ccc3c(c12)CC(O)CO3)[N+](=O)[O-]. The second-order valence-electron chi connectivity index (χ2n) is 4.92. The average Bonchev–Trinajstić information content (AvgIpc) is 2.82. The number of aliphatic hydroxyl groups is 1. The third-order valence-corrected chi connectivity index (χ3v) is 3.47. The average molecular weight is 274 g/mol. The maximum atomic E-state index is 10.8. The van der Waals surface area contributed by atoms with Gasteiger partial charge in [0.2, 0.25) is 5.70 Å². The number of benzene rings is 1. The molecule has 0 saturated carbocycles. The molecule has 1 aromatic heterocycles. The Morgan fingerprint density at radius 3 is 3.15 bits per heavy atom. The van der Waals surface area contributed by atoms with E-state index in [-0.39, 0.29) is 12.3 Å². The second-order valence-corrected chi connectivity index (χ2v) is 4.92. The molecule has 1 aliphatic heterocycles. The van der Waals surface area contributed by atoms with Crippen molar-refractivity contribution in [2.45, 2.75) is 19.4 Å². The summed E-state index contributed by atoms with van der Waals surface area (Å²) in [4.78, 5) is 13.4. The van der Waals surface area contributed by atoms with Crippen LogP contribution in [0.25, 0.3) is 17.0 Å². The molecule has 2 aromatic rings. The van der Waals surface area contributed by atoms with Gasteiger partial charge in [0.05, 0.1) is 11.0 Å². The molecule has 0 amide bonds. The number of hydrogen-bond donors (Lipinski definition) is 2. The Bertz CT molecular complexity index is 717. The predicted octanol–water partition coefficient (Wildman–Crippen LogP) is 2.10. The molecule has 0 aliphatic carbocycles. The van der Waals surface area contributed by atoms with Crippen molar-refractivity contribution in [1.82, 2.24) is 4.98 Å². The number of aromatic amines is 1. The molecule has 0 saturated heterocycles. The van der Waals surface area contributed by atoms with Crippen molar-refractivity contribution in [2.24, 2.45) is 0 Å². The minimum Gasteiger partial charge on any atom is -0.491 e. The molecule has 0 spiro atoms. The molecule has 2 heterocycles. The van der Waals surface area contributed by atoms with E-state index in [0.29, 0.717) is 6.42 Å². The molecule has 1 unspecified atom stereocenters. The highest BCUT2D eigenvalue weighted by Crippen LogP contribution is 2.34. The summed E-state index contributed by atoms with van der Waals surface area (Å²) in [5.41, 5.74) is 2.58. The van der Waals surface area contributed by atoms with Gasteiger partial charge in [-0.1, -0.05) is 0 Å². The number of nitro groups is 1. The second kappa shape index (κ2) is 4.64. The van der Waals surface area contributed by atoms with E-state index in [4.69, 9.17) is 4.74 Å². The molecule has 1 aromatic carbocycles. The Hall–Kier alpha value is -2.34. The molecule has 20 heavy (non-hydrogen) atoms. The third-order valence-electron chi connectivity index (χ3n) is 3.47. The monoisotopic (exact) mass is 274 g/mol. The van der Waals surface area contributed by atoms with Crippen LogP contribution in [0, 0.1) is 10.1 Å². The van der Waals surface area contributed by atoms with Gasteiger partial charge < -0.3 is 14.8 Å². The summed E-state index contributed by atoms with van der Waals surface area (Å²) in [5.74, 6) is 0.732. The normalized spacial score (nSPS) is 18.7. The maximum Gasteiger partial charge on any atom is 0.243 e. The molecular formula is C14H14N2O4. The van der Waals surface area contributed by atoms with Crippen LogP contribution >= 0.6 is 0 Å². The topological polar surface area (TPSA) is 88.4 Å². The highest BCUT2D eigenvalue weighted by atomic mass is 16.6. The van der Waals surface area contributed by atoms with Gasteiger partial charge in [-0.05, 0) is 12.1 Å². The van der Waals surface area contributed by atoms with Crippen molar-refractivity contribution in [3.05, 3.63) is 45.3 Å². The third kappa shape index (κ3) is 2.04. The van der Waals surface area contributed by atoms with Crippen molar-refractivity contribution in [3.63, 3.8) is 0 Å². The maximum absolute atomic E-state index is 10.8. The Labute approximate surface area is 114 Å². The zero-order valence-electron chi connectivity index (χ0n) is 10.9. The van der Waals surface area contributed by atoms with Crippen LogP contribution in [0.2, 0.25) is 0 Å². The lowest BCUT2D eigenvalue weighted by Crippen LogP contribution is -2.25. The van der Waals surface area contributed by atoms with Crippen molar-refractivity contribution in [2.75, 3.05) is 6.61 Å². The lowest BCUT2D eigenvalue weighted by atomic mass is 9.98. The first-order valence-electron chi connectivity index (χ1n) is 6.33. The molecule has 1 aliphatic rings. The van der Waals surface area contributed by atoms with E-state index < -0.39 is 11.0 Å². The van der Waals surface area contributed by atoms with Gasteiger partial charge in [-0.15, -0.1) is 0 Å². The van der Waals surface area contributed by atoms with E-state index in [0.717, 1.165) is 27.8 Å². The van der Waals surface area contributed by atoms with E-state index in [1.165, 1.54) is 13.0 Å². The van der Waals surface area contributed by atoms with Crippen LogP contribution in [0.15, 0.2) is 24.0 Å². The van der Waals surface area contributed by atoms with Gasteiger partial charge in [-0.2, -0.15) is 0 Å². The van der Waals surface area contributed by atoms with Gasteiger partial charge in [0.25, 0.3) is 0 Å². The van der Waals surface area contributed by atoms with Crippen LogP contribution in [-0.4, -0.2) is 27.7 Å². The van der Waals surface area contributed by atoms with Crippen LogP contribution in [-0.2, 0) is 6.42 Å². The summed E-state index contributed by atoms with van der Waals surface area (Å²) >= 11 is 0. The first-order valence-corrected chi connectivity index (χ1v) is 6.33. The van der Waals surface area contributed by atoms with Crippen LogP contribution in [0.5, 0.6) is 5.75 Å². The number of hydrogen-bond acceptors (Lipinski definition) is 4. The minimum atomic E-state index is -0.545. The number of nitrogens with one attached hydrogen (secondary N) is 1. The van der Waals surface area contributed by atoms with Crippen molar-refractivity contribution in [1.29, 1.82) is 0 Å². The minimum absolute atomic E-state index is 0.0702. The largest absolute Gasteiger partial charge is 0.491 e. The highest BCUT2D eigenvalue weighted by Gasteiger charge is 2.22. The van der Waals surface area contributed by atoms with E-state index in [2.05, 4.69) is 4.98 Å². The summed E-state index contributed by atoms with van der Waals surface area (Å²) in [6.07, 6.45) is 3.21. The van der Waals surface area contributed by atoms with Crippen LogP contribution < -0.4 is 4.74 Å². The first-order chi connectivity index (χ1) is 9.56. The summed E-state index contributed by atoms with van der Waals surface area (Å²) in [6, 6.07) is 3.73. The fraction of sp³-hybridized carbons (Fsp3) is 0.286. The zero-order valence-corrected chi connectivity index (χ0v) is 10.9. The van der Waals surface area contributed by atoms with Gasteiger partial charge in [-0.3, -0.25) is 10.1 Å². The lowest BCUT2D eigenvalue weighted by molar-refractivity contribution is -0.422. The number of nitrogens with zero attached hydrogens (tertiary/aromatic N) is 1. The summed E-state index contributed by atoms with van der Waals surface area (Å²) in [7, 11) is 0. The molecule has 104 valence electrons. The number of H-pyrrole nitrogens is 1. The fourth-order valence-corrected chi connectivity index (χ4v) is 2.52. The molecule has 2 N–H and O–H groups in total. The Morgan fingerprint density at radius 1 is 1.60 bits per heavy atom. The predicted molar refractivity (Wildman–Crippen MR) is 74.1 cm³/mol.